The molecule has 0 radical (unpaired) electrons. The predicted molar refractivity (Wildman–Crippen MR) is 132 cm³/mol. The number of nitrogens with zero attached hydrogens (tertiary/aromatic N) is 4. The van der Waals surface area contributed by atoms with E-state index >= 15 is 0 Å². The molecule has 182 valence electrons. The van der Waals surface area contributed by atoms with Crippen LogP contribution in [0.25, 0.3) is 10.9 Å². The van der Waals surface area contributed by atoms with Gasteiger partial charge in [0.05, 0.1) is 11.2 Å². The van der Waals surface area contributed by atoms with Gasteiger partial charge in [-0.05, 0) is 43.4 Å². The Hall–Kier alpha value is -3.20. The number of piperidine rings is 1. The number of hydrogen-bond acceptors (Lipinski definition) is 5. The molecule has 2 heterocycles. The normalized spacial score (nSPS) is 23.2. The van der Waals surface area contributed by atoms with Gasteiger partial charge in [-0.2, -0.15) is 0 Å². The Kier molecular flexibility index (Phi) is 6.17. The first-order chi connectivity index (χ1) is 17.7. The van der Waals surface area contributed by atoms with Crippen LogP contribution in [0.2, 0.25) is 0 Å². The highest BCUT2D eigenvalue weighted by Crippen LogP contribution is 2.45. The summed E-state index contributed by atoms with van der Waals surface area (Å²) < 4.78 is 22.2. The number of amides is 3. The van der Waals surface area contributed by atoms with Gasteiger partial charge < -0.3 is 10.3 Å². The summed E-state index contributed by atoms with van der Waals surface area (Å²) in [5.41, 5.74) is 3.57. The topological polar surface area (TPSA) is 101 Å². The van der Waals surface area contributed by atoms with Crippen LogP contribution in [-0.2, 0) is 11.2 Å². The number of imide groups is 1. The minimum atomic E-state index is -2.68. The fourth-order valence-electron chi connectivity index (χ4n) is 5.55. The van der Waals surface area contributed by atoms with E-state index in [-0.39, 0.29) is 37.4 Å². The van der Waals surface area contributed by atoms with Crippen LogP contribution in [0.3, 0.4) is 0 Å². The minimum absolute atomic E-state index is 0.0175. The zero-order valence-corrected chi connectivity index (χ0v) is 19.5. The van der Waals surface area contributed by atoms with E-state index in [4.69, 9.17) is 4.11 Å². The van der Waals surface area contributed by atoms with Crippen LogP contribution >= 0.6 is 0 Å². The number of carbonyl (C=O) groups excluding carboxylic acids is 2. The van der Waals surface area contributed by atoms with E-state index in [2.05, 4.69) is 45.4 Å². The Bertz CT molecular complexity index is 1170. The quantitative estimate of drug-likeness (QED) is 0.334. The summed E-state index contributed by atoms with van der Waals surface area (Å²) in [7, 11) is 0. The van der Waals surface area contributed by atoms with Crippen LogP contribution in [0.4, 0.5) is 4.79 Å². The number of urea groups is 1. The molecular formula is C25H34N6O3. The Morgan fingerprint density at radius 3 is 3.00 bits per heavy atom. The molecule has 9 heteroatoms. The lowest BCUT2D eigenvalue weighted by Crippen LogP contribution is -2.55. The summed E-state index contributed by atoms with van der Waals surface area (Å²) in [6, 6.07) is 5.92. The van der Waals surface area contributed by atoms with Crippen molar-refractivity contribution in [2.45, 2.75) is 38.1 Å². The molecule has 1 aliphatic heterocycles. The molecule has 3 amide bonds. The number of nitrogens with one attached hydrogen (secondary N) is 2. The van der Waals surface area contributed by atoms with Gasteiger partial charge in [0.15, 0.2) is 0 Å². The minimum Gasteiger partial charge on any atom is -0.361 e. The number of hydrogen-bond donors (Lipinski definition) is 2. The maximum Gasteiger partial charge on any atom is 0.324 e. The van der Waals surface area contributed by atoms with E-state index in [9.17, 15) is 14.5 Å². The van der Waals surface area contributed by atoms with Gasteiger partial charge >= 0.3 is 6.03 Å². The molecular weight excluding hydrogens is 432 g/mol. The van der Waals surface area contributed by atoms with Crippen LogP contribution in [-0.4, -0.2) is 77.5 Å². The van der Waals surface area contributed by atoms with Crippen molar-refractivity contribution >= 4 is 22.8 Å². The molecule has 3 atom stereocenters. The maximum absolute atomic E-state index is 13.8. The molecule has 2 N–H and O–H groups in total. The van der Waals surface area contributed by atoms with Crippen molar-refractivity contribution in [3.63, 3.8) is 0 Å². The van der Waals surface area contributed by atoms with Gasteiger partial charge in [0.1, 0.15) is 0 Å². The van der Waals surface area contributed by atoms with E-state index in [1.165, 1.54) is 16.5 Å². The lowest BCUT2D eigenvalue weighted by Gasteiger charge is -2.47. The molecule has 2 aromatic rings. The molecule has 1 aromatic carbocycles. The standard InChI is InChI=1S/C25H34N6O3/c1-4-10-30-16-18(24(32)31(25(33)26-5-2)12-7-11-29(3)28-34)13-20-19-8-6-9-21-23(19)17(15-27-21)14-22(20)30/h4,6,8-9,15,18,20,22,27H,1,5,7,10-14,16H2,2-3H3,(H,26,33)/t18-,20-,22-/m1/s1/i3D3. The first-order valence-corrected chi connectivity index (χ1v) is 11.8. The van der Waals surface area contributed by atoms with Gasteiger partial charge in [-0.25, -0.2) is 4.79 Å². The van der Waals surface area contributed by atoms with Crippen molar-refractivity contribution in [3.05, 3.63) is 53.1 Å². The van der Waals surface area contributed by atoms with E-state index < -0.39 is 18.9 Å². The summed E-state index contributed by atoms with van der Waals surface area (Å²) in [6.45, 7) is 4.26. The molecule has 0 saturated carbocycles. The monoisotopic (exact) mass is 469 g/mol. The summed E-state index contributed by atoms with van der Waals surface area (Å²) in [6.07, 6.45) is 5.50. The van der Waals surface area contributed by atoms with Gasteiger partial charge in [0.2, 0.25) is 5.91 Å². The smallest absolute Gasteiger partial charge is 0.324 e. The third-order valence-electron chi connectivity index (χ3n) is 6.98. The van der Waals surface area contributed by atoms with Gasteiger partial charge in [0, 0.05) is 72.9 Å². The van der Waals surface area contributed by atoms with E-state index in [0.29, 0.717) is 31.1 Å². The third-order valence-corrected chi connectivity index (χ3v) is 6.98. The van der Waals surface area contributed by atoms with Crippen molar-refractivity contribution < 1.29 is 13.7 Å². The van der Waals surface area contributed by atoms with Crippen LogP contribution < -0.4 is 5.32 Å². The van der Waals surface area contributed by atoms with Crippen LogP contribution in [0, 0.1) is 10.8 Å². The second-order valence-electron chi connectivity index (χ2n) is 9.02. The largest absolute Gasteiger partial charge is 0.361 e. The lowest BCUT2D eigenvalue weighted by molar-refractivity contribution is -0.135. The third kappa shape index (κ3) is 4.57. The number of benzene rings is 1. The number of carbonyl (C=O) groups is 2. The first-order valence-electron chi connectivity index (χ1n) is 13.3. The molecule has 1 aromatic heterocycles. The Morgan fingerprint density at radius 2 is 2.26 bits per heavy atom. The first kappa shape index (κ1) is 20.2. The lowest BCUT2D eigenvalue weighted by atomic mass is 9.72. The number of aromatic amines is 1. The zero-order valence-electron chi connectivity index (χ0n) is 22.5. The highest BCUT2D eigenvalue weighted by molar-refractivity contribution is 5.96. The maximum atomic E-state index is 13.8. The van der Waals surface area contributed by atoms with Crippen molar-refractivity contribution in [3.8, 4) is 0 Å². The molecule has 0 spiro atoms. The highest BCUT2D eigenvalue weighted by Gasteiger charge is 2.43. The SMILES string of the molecule is [2H]C([2H])([2H])N(CCCN(C(=O)NCC)C(=O)[C@@H]1C[C@@H]2c3cccc4[nH]cc(c34)C[C@H]2N(CC=C)C1)N=O. The van der Waals surface area contributed by atoms with Crippen molar-refractivity contribution in [1.29, 1.82) is 0 Å². The van der Waals surface area contributed by atoms with Crippen LogP contribution in [0.15, 0.2) is 42.3 Å². The van der Waals surface area contributed by atoms with Gasteiger partial charge in [-0.3, -0.25) is 19.6 Å². The van der Waals surface area contributed by atoms with Crippen molar-refractivity contribution in [2.75, 3.05) is 39.7 Å². The highest BCUT2D eigenvalue weighted by atomic mass is 16.3. The fraction of sp³-hybridized carbons (Fsp3) is 0.520. The second kappa shape index (κ2) is 10.4. The summed E-state index contributed by atoms with van der Waals surface area (Å²) in [4.78, 5) is 44.5. The number of H-pyrrole nitrogens is 1. The van der Waals surface area contributed by atoms with Gasteiger partial charge in [0.25, 0.3) is 0 Å². The van der Waals surface area contributed by atoms with Crippen molar-refractivity contribution in [2.24, 2.45) is 11.2 Å². The predicted octanol–water partition coefficient (Wildman–Crippen LogP) is 3.25. The van der Waals surface area contributed by atoms with Crippen LogP contribution in [0.5, 0.6) is 0 Å². The van der Waals surface area contributed by atoms with E-state index in [1.54, 1.807) is 6.92 Å². The Morgan fingerprint density at radius 1 is 1.41 bits per heavy atom. The van der Waals surface area contributed by atoms with E-state index in [1.807, 2.05) is 12.1 Å². The summed E-state index contributed by atoms with van der Waals surface area (Å²) >= 11 is 0. The fourth-order valence-corrected chi connectivity index (χ4v) is 5.55. The zero-order chi connectivity index (χ0) is 26.7. The molecule has 9 nitrogen and oxygen atoms in total. The Balaban J connectivity index is 1.57. The Labute approximate surface area is 204 Å². The molecule has 0 unspecified atom stereocenters. The van der Waals surface area contributed by atoms with E-state index in [0.717, 1.165) is 16.8 Å². The number of fused-ring (bicyclic) bond motifs is 2. The summed E-state index contributed by atoms with van der Waals surface area (Å²) in [5.74, 6) is -0.608. The molecule has 2 aliphatic rings. The van der Waals surface area contributed by atoms with Crippen LogP contribution in [0.1, 0.15) is 40.9 Å². The second-order valence-corrected chi connectivity index (χ2v) is 9.02. The summed E-state index contributed by atoms with van der Waals surface area (Å²) in [5, 5.41) is 6.95. The molecule has 34 heavy (non-hydrogen) atoms. The molecule has 4 rings (SSSR count). The molecule has 1 saturated heterocycles. The molecule has 1 fully saturated rings. The average molecular weight is 470 g/mol. The molecule has 0 bridgehead atoms. The average Bonchev–Trinajstić information content (AvgIpc) is 3.28. The number of likely N-dealkylation sites (tertiary alicyclic amines) is 1. The van der Waals surface area contributed by atoms with Gasteiger partial charge in [-0.1, -0.05) is 18.2 Å². The molecule has 1 aliphatic carbocycles. The number of rotatable bonds is 9. The van der Waals surface area contributed by atoms with Crippen molar-refractivity contribution in [1.82, 2.24) is 25.1 Å². The number of nitroso groups, excluding NO2 is 1. The number of aromatic nitrogens is 1. The van der Waals surface area contributed by atoms with Gasteiger partial charge in [-0.15, -0.1) is 11.5 Å².